The van der Waals surface area contributed by atoms with Crippen LogP contribution in [0.4, 0.5) is 0 Å². The molecule has 30 heavy (non-hydrogen) atoms. The third-order valence-corrected chi connectivity index (χ3v) is 8.94. The smallest absolute Gasteiger partial charge is 0.0358 e. The van der Waals surface area contributed by atoms with Gasteiger partial charge in [-0.05, 0) is 30.1 Å². The second kappa shape index (κ2) is 17.5. The van der Waals surface area contributed by atoms with E-state index in [1.807, 2.05) is 0 Å². The Bertz CT molecular complexity index is 372. The van der Waals surface area contributed by atoms with Gasteiger partial charge in [-0.3, -0.25) is 0 Å². The Morgan fingerprint density at radius 2 is 1.00 bits per heavy atom. The van der Waals surface area contributed by atoms with E-state index < -0.39 is 0 Å². The molecule has 0 aliphatic heterocycles. The van der Waals surface area contributed by atoms with Gasteiger partial charge in [0.1, 0.15) is 0 Å². The minimum Gasteiger partial charge on any atom is -0.0654 e. The fraction of sp³-hybridized carbons (Fsp3) is 1.00. The fourth-order valence-electron chi connectivity index (χ4n) is 6.96. The zero-order valence-electron chi connectivity index (χ0n) is 21.3. The molecule has 0 heteroatoms. The van der Waals surface area contributed by atoms with Crippen LogP contribution in [0.2, 0.25) is 0 Å². The standard InChI is InChI=1S/C30H58/c1-3-5-20-27-21-15-11-8-6-7-9-12-17-24-29(25-19-22-27)30-26-18-14-10-13-16-23-28(30)4-2/h27-30H,3-26H2,1-2H3. The molecule has 0 saturated heterocycles. The molecule has 0 spiro atoms. The maximum Gasteiger partial charge on any atom is -0.0358 e. The van der Waals surface area contributed by atoms with E-state index in [9.17, 15) is 0 Å². The summed E-state index contributed by atoms with van der Waals surface area (Å²) < 4.78 is 0. The van der Waals surface area contributed by atoms with Crippen LogP contribution in [0.5, 0.6) is 0 Å². The molecule has 0 heterocycles. The highest BCUT2D eigenvalue weighted by Crippen LogP contribution is 2.40. The second-order valence-electron chi connectivity index (χ2n) is 11.3. The summed E-state index contributed by atoms with van der Waals surface area (Å²) in [6, 6.07) is 0. The number of rotatable bonds is 5. The van der Waals surface area contributed by atoms with Gasteiger partial charge >= 0.3 is 0 Å². The molecular weight excluding hydrogens is 360 g/mol. The number of hydrogen-bond acceptors (Lipinski definition) is 0. The Labute approximate surface area is 191 Å². The van der Waals surface area contributed by atoms with Crippen molar-refractivity contribution in [1.29, 1.82) is 0 Å². The summed E-state index contributed by atoms with van der Waals surface area (Å²) in [5.41, 5.74) is 0. The molecule has 0 nitrogen and oxygen atoms in total. The lowest BCUT2D eigenvalue weighted by Gasteiger charge is -2.34. The van der Waals surface area contributed by atoms with Crippen LogP contribution in [0.1, 0.15) is 168 Å². The van der Waals surface area contributed by atoms with E-state index >= 15 is 0 Å². The van der Waals surface area contributed by atoms with E-state index in [4.69, 9.17) is 0 Å². The van der Waals surface area contributed by atoms with Crippen molar-refractivity contribution in [2.45, 2.75) is 168 Å². The first-order chi connectivity index (χ1) is 14.8. The second-order valence-corrected chi connectivity index (χ2v) is 11.3. The van der Waals surface area contributed by atoms with Crippen LogP contribution in [0.15, 0.2) is 0 Å². The molecule has 2 rings (SSSR count). The lowest BCUT2D eigenvalue weighted by molar-refractivity contribution is 0.165. The maximum absolute atomic E-state index is 2.50. The molecule has 2 saturated carbocycles. The van der Waals surface area contributed by atoms with E-state index in [2.05, 4.69) is 13.8 Å². The van der Waals surface area contributed by atoms with Crippen LogP contribution < -0.4 is 0 Å². The highest BCUT2D eigenvalue weighted by Gasteiger charge is 2.28. The van der Waals surface area contributed by atoms with Gasteiger partial charge in [0.05, 0.1) is 0 Å². The van der Waals surface area contributed by atoms with Crippen LogP contribution in [0.25, 0.3) is 0 Å². The van der Waals surface area contributed by atoms with E-state index in [1.165, 1.54) is 128 Å². The van der Waals surface area contributed by atoms with Crippen molar-refractivity contribution in [3.63, 3.8) is 0 Å². The van der Waals surface area contributed by atoms with Crippen molar-refractivity contribution in [2.24, 2.45) is 23.7 Å². The lowest BCUT2D eigenvalue weighted by Crippen LogP contribution is -2.24. The fourth-order valence-corrected chi connectivity index (χ4v) is 6.96. The minimum atomic E-state index is 1.03. The van der Waals surface area contributed by atoms with Gasteiger partial charge in [-0.15, -0.1) is 0 Å². The Morgan fingerprint density at radius 3 is 1.63 bits per heavy atom. The zero-order chi connectivity index (χ0) is 21.3. The van der Waals surface area contributed by atoms with E-state index in [-0.39, 0.29) is 0 Å². The molecule has 0 radical (unpaired) electrons. The average Bonchev–Trinajstić information content (AvgIpc) is 2.87. The third kappa shape index (κ3) is 11.0. The topological polar surface area (TPSA) is 0 Å². The Morgan fingerprint density at radius 1 is 0.500 bits per heavy atom. The molecule has 4 atom stereocenters. The summed E-state index contributed by atoms with van der Waals surface area (Å²) in [6.45, 7) is 4.88. The maximum atomic E-state index is 2.50. The Balaban J connectivity index is 1.99. The summed E-state index contributed by atoms with van der Waals surface area (Å²) in [5.74, 6) is 4.17. The summed E-state index contributed by atoms with van der Waals surface area (Å²) in [7, 11) is 0. The van der Waals surface area contributed by atoms with Gasteiger partial charge in [-0.1, -0.05) is 162 Å². The Kier molecular flexibility index (Phi) is 15.4. The quantitative estimate of drug-likeness (QED) is 0.416. The first-order valence-electron chi connectivity index (χ1n) is 14.8. The first-order valence-corrected chi connectivity index (χ1v) is 14.8. The normalized spacial score (nSPS) is 32.2. The molecule has 4 unspecified atom stereocenters. The van der Waals surface area contributed by atoms with Gasteiger partial charge < -0.3 is 0 Å². The molecule has 2 aliphatic rings. The molecule has 2 aliphatic carbocycles. The molecule has 178 valence electrons. The van der Waals surface area contributed by atoms with Crippen LogP contribution in [-0.4, -0.2) is 0 Å². The lowest BCUT2D eigenvalue weighted by atomic mass is 9.71. The number of unbranched alkanes of at least 4 members (excludes halogenated alkanes) is 1. The summed E-state index contributed by atoms with van der Waals surface area (Å²) >= 11 is 0. The van der Waals surface area contributed by atoms with Crippen molar-refractivity contribution >= 4 is 0 Å². The minimum absolute atomic E-state index is 1.03. The molecule has 0 aromatic rings. The van der Waals surface area contributed by atoms with Gasteiger partial charge in [0, 0.05) is 0 Å². The predicted molar refractivity (Wildman–Crippen MR) is 136 cm³/mol. The van der Waals surface area contributed by atoms with Crippen molar-refractivity contribution in [3.8, 4) is 0 Å². The van der Waals surface area contributed by atoms with Gasteiger partial charge in [0.25, 0.3) is 0 Å². The highest BCUT2D eigenvalue weighted by atomic mass is 14.3. The zero-order valence-corrected chi connectivity index (χ0v) is 21.3. The van der Waals surface area contributed by atoms with Gasteiger partial charge in [0.15, 0.2) is 0 Å². The molecule has 0 aromatic heterocycles. The summed E-state index contributed by atoms with van der Waals surface area (Å²) in [6.07, 6.45) is 36.3. The molecule has 0 amide bonds. The van der Waals surface area contributed by atoms with E-state index in [1.54, 1.807) is 25.7 Å². The average molecular weight is 419 g/mol. The Hall–Kier alpha value is 0. The van der Waals surface area contributed by atoms with E-state index in [0.29, 0.717) is 0 Å². The van der Waals surface area contributed by atoms with Gasteiger partial charge in [-0.25, -0.2) is 0 Å². The predicted octanol–water partition coefficient (Wildman–Crippen LogP) is 10.9. The van der Waals surface area contributed by atoms with Gasteiger partial charge in [0.2, 0.25) is 0 Å². The highest BCUT2D eigenvalue weighted by molar-refractivity contribution is 4.79. The van der Waals surface area contributed by atoms with Crippen molar-refractivity contribution in [3.05, 3.63) is 0 Å². The monoisotopic (exact) mass is 418 g/mol. The van der Waals surface area contributed by atoms with Gasteiger partial charge in [-0.2, -0.15) is 0 Å². The molecule has 0 aromatic carbocycles. The van der Waals surface area contributed by atoms with Crippen LogP contribution in [0, 0.1) is 23.7 Å². The van der Waals surface area contributed by atoms with Crippen LogP contribution >= 0.6 is 0 Å². The molecule has 0 bridgehead atoms. The SMILES string of the molecule is CCCCC1CCCCCCCCCCC(C2CCCCCCCC2CC)CCC1. The molecular formula is C30H58. The summed E-state index contributed by atoms with van der Waals surface area (Å²) in [4.78, 5) is 0. The summed E-state index contributed by atoms with van der Waals surface area (Å²) in [5, 5.41) is 0. The van der Waals surface area contributed by atoms with Crippen molar-refractivity contribution in [2.75, 3.05) is 0 Å². The first kappa shape index (κ1) is 26.3. The van der Waals surface area contributed by atoms with E-state index in [0.717, 1.165) is 23.7 Å². The third-order valence-electron chi connectivity index (χ3n) is 8.94. The van der Waals surface area contributed by atoms with Crippen molar-refractivity contribution in [1.82, 2.24) is 0 Å². The molecule has 0 N–H and O–H groups in total. The van der Waals surface area contributed by atoms with Crippen LogP contribution in [-0.2, 0) is 0 Å². The largest absolute Gasteiger partial charge is 0.0654 e. The number of hydrogen-bond donors (Lipinski definition) is 0. The molecule has 2 fully saturated rings. The van der Waals surface area contributed by atoms with Crippen LogP contribution in [0.3, 0.4) is 0 Å². The van der Waals surface area contributed by atoms with Crippen molar-refractivity contribution < 1.29 is 0 Å².